The summed E-state index contributed by atoms with van der Waals surface area (Å²) in [7, 11) is 0. The summed E-state index contributed by atoms with van der Waals surface area (Å²) in [5.41, 5.74) is 0.315. The van der Waals surface area contributed by atoms with Crippen LogP contribution in [0.25, 0.3) is 0 Å². The number of carbonyl (C=O) groups is 1. The van der Waals surface area contributed by atoms with Crippen molar-refractivity contribution in [2.45, 2.75) is 32.5 Å². The lowest BCUT2D eigenvalue weighted by Crippen LogP contribution is -2.52. The van der Waals surface area contributed by atoms with Gasteiger partial charge >= 0.3 is 6.18 Å². The Morgan fingerprint density at radius 2 is 2.00 bits per heavy atom. The smallest absolute Gasteiger partial charge is 0.355 e. The van der Waals surface area contributed by atoms with Crippen LogP contribution >= 0.6 is 11.3 Å². The van der Waals surface area contributed by atoms with Crippen molar-refractivity contribution in [2.24, 2.45) is 5.92 Å². The van der Waals surface area contributed by atoms with Crippen LogP contribution in [0.2, 0.25) is 0 Å². The van der Waals surface area contributed by atoms with Crippen molar-refractivity contribution in [2.75, 3.05) is 44.2 Å². The van der Waals surface area contributed by atoms with E-state index in [1.165, 1.54) is 12.3 Å². The normalized spacial score (nSPS) is 20.8. The van der Waals surface area contributed by atoms with Gasteiger partial charge in [0, 0.05) is 57.4 Å². The van der Waals surface area contributed by atoms with Crippen LogP contribution < -0.4 is 4.90 Å². The Labute approximate surface area is 183 Å². The maximum absolute atomic E-state index is 13.4. The van der Waals surface area contributed by atoms with Crippen LogP contribution in [0.1, 0.15) is 29.1 Å². The molecule has 0 N–H and O–H groups in total. The summed E-state index contributed by atoms with van der Waals surface area (Å²) in [6, 6.07) is 2.35. The highest BCUT2D eigenvalue weighted by molar-refractivity contribution is 7.09. The number of amides is 1. The molecule has 2 aromatic rings. The number of piperazine rings is 1. The lowest BCUT2D eigenvalue weighted by molar-refractivity contribution is -0.137. The van der Waals surface area contributed by atoms with Crippen LogP contribution in [0.15, 0.2) is 23.7 Å². The van der Waals surface area contributed by atoms with Crippen molar-refractivity contribution in [1.29, 1.82) is 0 Å². The number of aryl methyl sites for hydroxylation is 1. The van der Waals surface area contributed by atoms with Gasteiger partial charge in [-0.1, -0.05) is 0 Å². The van der Waals surface area contributed by atoms with Gasteiger partial charge in [0.25, 0.3) is 0 Å². The van der Waals surface area contributed by atoms with E-state index in [9.17, 15) is 18.0 Å². The van der Waals surface area contributed by atoms with Gasteiger partial charge in [0.2, 0.25) is 5.91 Å². The van der Waals surface area contributed by atoms with Gasteiger partial charge in [0.1, 0.15) is 5.82 Å². The molecule has 168 valence electrons. The molecule has 1 atom stereocenters. The first kappa shape index (κ1) is 22.0. The van der Waals surface area contributed by atoms with Crippen LogP contribution in [-0.2, 0) is 17.5 Å². The number of anilines is 1. The average Bonchev–Trinajstić information content (AvgIpc) is 3.18. The maximum Gasteiger partial charge on any atom is 0.419 e. The molecule has 31 heavy (non-hydrogen) atoms. The summed E-state index contributed by atoms with van der Waals surface area (Å²) in [4.78, 5) is 27.4. The van der Waals surface area contributed by atoms with E-state index in [1.807, 2.05) is 11.8 Å². The van der Waals surface area contributed by atoms with Gasteiger partial charge in [-0.05, 0) is 31.9 Å². The van der Waals surface area contributed by atoms with Crippen molar-refractivity contribution in [3.05, 3.63) is 40.0 Å². The fourth-order valence-electron chi connectivity index (χ4n) is 4.34. The largest absolute Gasteiger partial charge is 0.419 e. The number of thiazole rings is 1. The molecule has 0 spiro atoms. The molecule has 1 amide bonds. The molecule has 1 unspecified atom stereocenters. The number of halogens is 3. The third kappa shape index (κ3) is 5.17. The Morgan fingerprint density at radius 1 is 1.23 bits per heavy atom. The number of pyridine rings is 1. The lowest BCUT2D eigenvalue weighted by atomic mass is 9.95. The van der Waals surface area contributed by atoms with Gasteiger partial charge in [0.05, 0.1) is 22.2 Å². The molecule has 2 fully saturated rings. The van der Waals surface area contributed by atoms with E-state index in [0.717, 1.165) is 36.4 Å². The minimum Gasteiger partial charge on any atom is -0.355 e. The van der Waals surface area contributed by atoms with Crippen LogP contribution in [0.4, 0.5) is 19.0 Å². The van der Waals surface area contributed by atoms with Crippen LogP contribution in [0.3, 0.4) is 0 Å². The molecule has 2 aliphatic heterocycles. The third-order valence-corrected chi connectivity index (χ3v) is 6.72. The number of hydrogen-bond acceptors (Lipinski definition) is 6. The van der Waals surface area contributed by atoms with Gasteiger partial charge in [-0.2, -0.15) is 13.2 Å². The van der Waals surface area contributed by atoms with Crippen molar-refractivity contribution in [3.63, 3.8) is 0 Å². The standard InChI is InChI=1S/C21H26F3N5OS/c1-15-26-17(14-31-15)13-27-8-10-28(11-9-27)20(30)16-4-3-7-29(12-16)19-18(21(22,23)24)5-2-6-25-19/h2,5-6,14,16H,3-4,7-13H2,1H3. The number of carbonyl (C=O) groups excluding carboxylic acids is 1. The van der Waals surface area contributed by atoms with E-state index < -0.39 is 11.7 Å². The van der Waals surface area contributed by atoms with Crippen LogP contribution in [0.5, 0.6) is 0 Å². The van der Waals surface area contributed by atoms with E-state index >= 15 is 0 Å². The van der Waals surface area contributed by atoms with Gasteiger partial charge in [-0.25, -0.2) is 9.97 Å². The van der Waals surface area contributed by atoms with Gasteiger partial charge < -0.3 is 9.80 Å². The fourth-order valence-corrected chi connectivity index (χ4v) is 4.94. The number of aromatic nitrogens is 2. The molecule has 2 aliphatic rings. The second-order valence-corrected chi connectivity index (χ2v) is 9.18. The lowest BCUT2D eigenvalue weighted by Gasteiger charge is -2.39. The average molecular weight is 454 g/mol. The van der Waals surface area contributed by atoms with Crippen molar-refractivity contribution in [3.8, 4) is 0 Å². The number of piperidine rings is 1. The molecule has 0 aliphatic carbocycles. The first-order chi connectivity index (χ1) is 14.8. The molecule has 0 saturated carbocycles. The van der Waals surface area contributed by atoms with Crippen molar-refractivity contribution >= 4 is 23.1 Å². The Balaban J connectivity index is 1.36. The first-order valence-corrected chi connectivity index (χ1v) is 11.4. The van der Waals surface area contributed by atoms with Gasteiger partial charge in [0.15, 0.2) is 0 Å². The molecule has 0 radical (unpaired) electrons. The van der Waals surface area contributed by atoms with Crippen LogP contribution in [-0.4, -0.2) is 64.9 Å². The summed E-state index contributed by atoms with van der Waals surface area (Å²) in [5.74, 6) is -0.334. The molecule has 4 rings (SSSR count). The van der Waals surface area contributed by atoms with E-state index in [1.54, 1.807) is 16.2 Å². The summed E-state index contributed by atoms with van der Waals surface area (Å²) >= 11 is 1.64. The SMILES string of the molecule is Cc1nc(CN2CCN(C(=O)C3CCCN(c4ncccc4C(F)(F)F)C3)CC2)cs1. The molecule has 6 nitrogen and oxygen atoms in total. The third-order valence-electron chi connectivity index (χ3n) is 5.90. The zero-order chi connectivity index (χ0) is 22.0. The Kier molecular flexibility index (Phi) is 6.47. The van der Waals surface area contributed by atoms with Gasteiger partial charge in [-0.15, -0.1) is 11.3 Å². The second-order valence-electron chi connectivity index (χ2n) is 8.12. The Bertz CT molecular complexity index is 910. The molecular weight excluding hydrogens is 427 g/mol. The predicted octanol–water partition coefficient (Wildman–Crippen LogP) is 3.43. The summed E-state index contributed by atoms with van der Waals surface area (Å²) in [6.45, 7) is 6.34. The first-order valence-electron chi connectivity index (χ1n) is 10.5. The minimum absolute atomic E-state index is 0.0401. The second kappa shape index (κ2) is 9.12. The van der Waals surface area contributed by atoms with Crippen LogP contribution in [0, 0.1) is 12.8 Å². The highest BCUT2D eigenvalue weighted by Crippen LogP contribution is 2.36. The molecule has 2 aromatic heterocycles. The molecule has 2 saturated heterocycles. The van der Waals surface area contributed by atoms with Gasteiger partial charge in [-0.3, -0.25) is 9.69 Å². The van der Waals surface area contributed by atoms with Crippen molar-refractivity contribution < 1.29 is 18.0 Å². The molecule has 10 heteroatoms. The summed E-state index contributed by atoms with van der Waals surface area (Å²) in [6.07, 6.45) is -1.72. The summed E-state index contributed by atoms with van der Waals surface area (Å²) < 4.78 is 40.2. The highest BCUT2D eigenvalue weighted by atomic mass is 32.1. The zero-order valence-electron chi connectivity index (χ0n) is 17.4. The van der Waals surface area contributed by atoms with E-state index in [4.69, 9.17) is 0 Å². The minimum atomic E-state index is -4.47. The quantitative estimate of drug-likeness (QED) is 0.710. The fraction of sp³-hybridized carbons (Fsp3) is 0.571. The molecule has 4 heterocycles. The number of alkyl halides is 3. The Morgan fingerprint density at radius 3 is 2.68 bits per heavy atom. The molecule has 0 bridgehead atoms. The topological polar surface area (TPSA) is 52.6 Å². The van der Waals surface area contributed by atoms with E-state index in [2.05, 4.69) is 20.2 Å². The molecule has 0 aromatic carbocycles. The number of nitrogens with zero attached hydrogens (tertiary/aromatic N) is 5. The van der Waals surface area contributed by atoms with E-state index in [-0.39, 0.29) is 24.2 Å². The molecular formula is C21H26F3N5OS. The maximum atomic E-state index is 13.4. The number of hydrogen-bond donors (Lipinski definition) is 0. The predicted molar refractivity (Wildman–Crippen MR) is 113 cm³/mol. The van der Waals surface area contributed by atoms with Crippen molar-refractivity contribution in [1.82, 2.24) is 19.8 Å². The highest BCUT2D eigenvalue weighted by Gasteiger charge is 2.38. The number of rotatable bonds is 4. The Hall–Kier alpha value is -2.20. The van der Waals surface area contributed by atoms with E-state index in [0.29, 0.717) is 32.5 Å². The monoisotopic (exact) mass is 453 g/mol. The summed E-state index contributed by atoms with van der Waals surface area (Å²) in [5, 5.41) is 3.11. The zero-order valence-corrected chi connectivity index (χ0v) is 18.3.